The molecule has 0 bridgehead atoms. The van der Waals surface area contributed by atoms with Gasteiger partial charge in [0.05, 0.1) is 19.1 Å². The van der Waals surface area contributed by atoms with Crippen molar-refractivity contribution < 1.29 is 33.7 Å². The molecule has 1 aliphatic rings. The van der Waals surface area contributed by atoms with Crippen molar-refractivity contribution in [1.29, 1.82) is 0 Å². The second-order valence-corrected chi connectivity index (χ2v) is 9.17. The van der Waals surface area contributed by atoms with E-state index in [0.717, 1.165) is 11.1 Å². The number of ether oxygens (including phenoxy) is 3. The highest BCUT2D eigenvalue weighted by Gasteiger charge is 2.34. The Morgan fingerprint density at radius 3 is 2.11 bits per heavy atom. The van der Waals surface area contributed by atoms with Gasteiger partial charge in [-0.1, -0.05) is 60.7 Å². The Bertz CT molecular complexity index is 998. The van der Waals surface area contributed by atoms with E-state index >= 15 is 0 Å². The first kappa shape index (κ1) is 27.3. The van der Waals surface area contributed by atoms with Gasteiger partial charge < -0.3 is 24.6 Å². The van der Waals surface area contributed by atoms with Gasteiger partial charge in [-0.25, -0.2) is 0 Å². The highest BCUT2D eigenvalue weighted by molar-refractivity contribution is 5.84. The number of hydrogen-bond acceptors (Lipinski definition) is 7. The molecular formula is C27H34N2O7. The number of carboxylic acid groups (broad SMARTS) is 1. The number of amides is 1. The molecule has 36 heavy (non-hydrogen) atoms. The normalized spacial score (nSPS) is 18.2. The third kappa shape index (κ3) is 9.07. The van der Waals surface area contributed by atoms with Crippen LogP contribution < -0.4 is 10.6 Å². The number of carboxylic acids is 1. The molecule has 9 nitrogen and oxygen atoms in total. The number of carbonyl (C=O) groups excluding carboxylic acids is 2. The molecule has 3 rings (SSSR count). The molecule has 1 amide bonds. The van der Waals surface area contributed by atoms with Crippen LogP contribution in [0.1, 0.15) is 31.4 Å². The molecule has 1 saturated heterocycles. The molecule has 194 valence electrons. The molecule has 0 aromatic heterocycles. The van der Waals surface area contributed by atoms with Crippen molar-refractivity contribution >= 4 is 17.8 Å². The Morgan fingerprint density at radius 2 is 1.58 bits per heavy atom. The van der Waals surface area contributed by atoms with E-state index in [9.17, 15) is 14.4 Å². The van der Waals surface area contributed by atoms with Gasteiger partial charge in [0.25, 0.3) is 0 Å². The van der Waals surface area contributed by atoms with Crippen LogP contribution in [0.5, 0.6) is 0 Å². The maximum atomic E-state index is 13.2. The van der Waals surface area contributed by atoms with Crippen LogP contribution in [0.3, 0.4) is 0 Å². The van der Waals surface area contributed by atoms with Gasteiger partial charge in [-0.05, 0) is 37.8 Å². The van der Waals surface area contributed by atoms with Gasteiger partial charge in [0.1, 0.15) is 18.8 Å². The van der Waals surface area contributed by atoms with Gasteiger partial charge >= 0.3 is 11.9 Å². The van der Waals surface area contributed by atoms with Crippen molar-refractivity contribution in [2.24, 2.45) is 0 Å². The van der Waals surface area contributed by atoms with E-state index in [-0.39, 0.29) is 31.6 Å². The maximum Gasteiger partial charge on any atom is 0.323 e. The van der Waals surface area contributed by atoms with Crippen molar-refractivity contribution in [2.45, 2.75) is 57.1 Å². The minimum Gasteiger partial charge on any atom is -0.481 e. The third-order valence-electron chi connectivity index (χ3n) is 5.69. The van der Waals surface area contributed by atoms with Crippen molar-refractivity contribution in [1.82, 2.24) is 10.6 Å². The minimum atomic E-state index is -1.00. The van der Waals surface area contributed by atoms with Crippen LogP contribution in [-0.2, 0) is 41.4 Å². The molecule has 0 spiro atoms. The minimum absolute atomic E-state index is 0.0102. The fourth-order valence-corrected chi connectivity index (χ4v) is 3.92. The van der Waals surface area contributed by atoms with Crippen LogP contribution in [0, 0.1) is 0 Å². The zero-order valence-corrected chi connectivity index (χ0v) is 20.6. The van der Waals surface area contributed by atoms with E-state index in [1.807, 2.05) is 60.7 Å². The second-order valence-electron chi connectivity index (χ2n) is 9.17. The summed E-state index contributed by atoms with van der Waals surface area (Å²) in [5.41, 5.74) is 1.80. The van der Waals surface area contributed by atoms with E-state index in [1.54, 1.807) is 13.8 Å². The van der Waals surface area contributed by atoms with Gasteiger partial charge in [-0.2, -0.15) is 0 Å². The lowest BCUT2D eigenvalue weighted by atomic mass is 10.0. The lowest BCUT2D eigenvalue weighted by molar-refractivity contribution is -0.160. The summed E-state index contributed by atoms with van der Waals surface area (Å²) in [5.74, 6) is -2.63. The summed E-state index contributed by atoms with van der Waals surface area (Å²) in [4.78, 5) is 37.1. The van der Waals surface area contributed by atoms with Gasteiger partial charge in [-0.3, -0.25) is 19.7 Å². The summed E-state index contributed by atoms with van der Waals surface area (Å²) in [5, 5.41) is 14.7. The van der Waals surface area contributed by atoms with Crippen LogP contribution in [0.4, 0.5) is 0 Å². The van der Waals surface area contributed by atoms with Crippen LogP contribution in [-0.4, -0.2) is 66.7 Å². The lowest BCUT2D eigenvalue weighted by Crippen LogP contribution is -2.53. The number of aliphatic carboxylic acids is 1. The predicted octanol–water partition coefficient (Wildman–Crippen LogP) is 2.08. The van der Waals surface area contributed by atoms with Crippen molar-refractivity contribution in [2.75, 3.05) is 19.8 Å². The first-order valence-electron chi connectivity index (χ1n) is 12.0. The van der Waals surface area contributed by atoms with Crippen molar-refractivity contribution in [3.63, 3.8) is 0 Å². The molecule has 9 heteroatoms. The maximum absolute atomic E-state index is 13.2. The smallest absolute Gasteiger partial charge is 0.323 e. The average Bonchev–Trinajstić information content (AvgIpc) is 3.21. The Labute approximate surface area is 211 Å². The van der Waals surface area contributed by atoms with Crippen LogP contribution in [0.15, 0.2) is 60.7 Å². The number of benzene rings is 2. The first-order chi connectivity index (χ1) is 17.2. The summed E-state index contributed by atoms with van der Waals surface area (Å²) < 4.78 is 16.8. The predicted molar refractivity (Wildman–Crippen MR) is 132 cm³/mol. The fourth-order valence-electron chi connectivity index (χ4n) is 3.92. The number of nitrogens with one attached hydrogen (secondary N) is 2. The third-order valence-corrected chi connectivity index (χ3v) is 5.69. The van der Waals surface area contributed by atoms with Crippen molar-refractivity contribution in [3.8, 4) is 0 Å². The van der Waals surface area contributed by atoms with Crippen LogP contribution >= 0.6 is 0 Å². The molecule has 1 heterocycles. The molecule has 0 saturated carbocycles. The fraction of sp³-hybridized carbons (Fsp3) is 0.444. The number of carbonyl (C=O) groups is 3. The van der Waals surface area contributed by atoms with E-state index in [0.29, 0.717) is 19.4 Å². The molecule has 1 aliphatic heterocycles. The average molecular weight is 499 g/mol. The summed E-state index contributed by atoms with van der Waals surface area (Å²) in [7, 11) is 0. The highest BCUT2D eigenvalue weighted by atomic mass is 16.7. The standard InChI is InChI=1S/C27H34N2O7/c1-27(2)35-18-21(36-27)17-34-26(33)23(16-20-11-7-4-8-12-20)29-22(15-19-9-5-3-6-10-19)25(32)28-14-13-24(30)31/h3-12,21-23,29H,13-18H2,1-2H3,(H,28,32)(H,30,31)/t21?,22-,23-/m0/s1. The molecule has 0 radical (unpaired) electrons. The van der Waals surface area contributed by atoms with E-state index < -0.39 is 29.8 Å². The number of hydrogen-bond donors (Lipinski definition) is 3. The van der Waals surface area contributed by atoms with Crippen LogP contribution in [0.2, 0.25) is 0 Å². The zero-order chi connectivity index (χ0) is 26.0. The molecule has 1 unspecified atom stereocenters. The summed E-state index contributed by atoms with van der Waals surface area (Å²) in [6.07, 6.45) is 0.0484. The van der Waals surface area contributed by atoms with E-state index in [1.165, 1.54) is 0 Å². The van der Waals surface area contributed by atoms with E-state index in [2.05, 4.69) is 10.6 Å². The Hall–Kier alpha value is -3.27. The second kappa shape index (κ2) is 13.2. The number of rotatable bonds is 13. The molecule has 3 atom stereocenters. The molecular weight excluding hydrogens is 464 g/mol. The molecule has 2 aromatic carbocycles. The lowest BCUT2D eigenvalue weighted by Gasteiger charge is -2.25. The Balaban J connectivity index is 1.73. The first-order valence-corrected chi connectivity index (χ1v) is 12.0. The van der Waals surface area contributed by atoms with Gasteiger partial charge in [0.2, 0.25) is 5.91 Å². The van der Waals surface area contributed by atoms with Crippen molar-refractivity contribution in [3.05, 3.63) is 71.8 Å². The monoisotopic (exact) mass is 498 g/mol. The molecule has 2 aromatic rings. The molecule has 0 aliphatic carbocycles. The number of esters is 1. The Morgan fingerprint density at radius 1 is 1.00 bits per heavy atom. The zero-order valence-electron chi connectivity index (χ0n) is 20.6. The summed E-state index contributed by atoms with van der Waals surface area (Å²) in [6, 6.07) is 17.2. The van der Waals surface area contributed by atoms with E-state index in [4.69, 9.17) is 19.3 Å². The van der Waals surface area contributed by atoms with Gasteiger partial charge in [0, 0.05) is 6.54 Å². The molecule has 3 N–H and O–H groups in total. The molecule has 1 fully saturated rings. The quantitative estimate of drug-likeness (QED) is 0.359. The summed E-state index contributed by atoms with van der Waals surface area (Å²) in [6.45, 7) is 3.93. The largest absolute Gasteiger partial charge is 0.481 e. The Kier molecular flexibility index (Phi) is 9.98. The van der Waals surface area contributed by atoms with Gasteiger partial charge in [-0.15, -0.1) is 0 Å². The van der Waals surface area contributed by atoms with Gasteiger partial charge in [0.15, 0.2) is 5.79 Å². The topological polar surface area (TPSA) is 123 Å². The highest BCUT2D eigenvalue weighted by Crippen LogP contribution is 2.22. The van der Waals surface area contributed by atoms with Crippen LogP contribution in [0.25, 0.3) is 0 Å². The SMILES string of the molecule is CC1(C)OCC(COC(=O)[C@H](Cc2ccccc2)N[C@@H](Cc2ccccc2)C(=O)NCCC(=O)O)O1. The summed E-state index contributed by atoms with van der Waals surface area (Å²) >= 11 is 0.